The molecule has 4 rings (SSSR count). The van der Waals surface area contributed by atoms with Crippen molar-refractivity contribution in [2.45, 2.75) is 32.2 Å². The number of halogens is 1. The van der Waals surface area contributed by atoms with Crippen molar-refractivity contribution in [3.8, 4) is 5.75 Å². The molecule has 3 nitrogen and oxygen atoms in total. The third-order valence-corrected chi connectivity index (χ3v) is 5.59. The van der Waals surface area contributed by atoms with Crippen LogP contribution in [-0.2, 0) is 6.42 Å². The largest absolute Gasteiger partial charge is 0.508 e. The van der Waals surface area contributed by atoms with Gasteiger partial charge in [-0.1, -0.05) is 49.7 Å². The minimum absolute atomic E-state index is 0.0879. The van der Waals surface area contributed by atoms with Gasteiger partial charge in [0.1, 0.15) is 5.75 Å². The molecule has 0 amide bonds. The van der Waals surface area contributed by atoms with Crippen LogP contribution in [0.5, 0.6) is 5.75 Å². The minimum Gasteiger partial charge on any atom is -0.508 e. The number of aliphatic imine (C=N–C) groups is 1. The van der Waals surface area contributed by atoms with Crippen LogP contribution in [0.25, 0.3) is 0 Å². The van der Waals surface area contributed by atoms with E-state index in [1.54, 1.807) is 12.1 Å². The van der Waals surface area contributed by atoms with E-state index in [-0.39, 0.29) is 11.8 Å². The number of benzodiazepines with no additional fused rings is 1. The summed E-state index contributed by atoms with van der Waals surface area (Å²) in [5.41, 5.74) is 6.60. The summed E-state index contributed by atoms with van der Waals surface area (Å²) in [6, 6.07) is 21.8. The molecule has 29 heavy (non-hydrogen) atoms. The molecule has 1 unspecified atom stereocenters. The molecule has 0 aliphatic carbocycles. The van der Waals surface area contributed by atoms with Crippen molar-refractivity contribution >= 4 is 23.0 Å². The number of hydrogen-bond donors (Lipinski definition) is 2. The zero-order chi connectivity index (χ0) is 20.4. The monoisotopic (exact) mass is 404 g/mol. The molecule has 3 aromatic carbocycles. The predicted octanol–water partition coefficient (Wildman–Crippen LogP) is 6.04. The molecule has 3 aromatic rings. The second-order valence-corrected chi connectivity index (χ2v) is 8.24. The van der Waals surface area contributed by atoms with Gasteiger partial charge in [-0.3, -0.25) is 4.99 Å². The number of fused-ring (bicyclic) bond motifs is 1. The highest BCUT2D eigenvalue weighted by Gasteiger charge is 2.21. The molecule has 4 heteroatoms. The number of phenols is 1. The van der Waals surface area contributed by atoms with Gasteiger partial charge in [0.15, 0.2) is 0 Å². The Hall–Kier alpha value is -2.78. The minimum atomic E-state index is 0.0879. The first-order valence-electron chi connectivity index (χ1n) is 10.00. The van der Waals surface area contributed by atoms with E-state index in [2.05, 4.69) is 43.4 Å². The number of nitrogens with zero attached hydrogens (tertiary/aromatic N) is 1. The second-order valence-electron chi connectivity index (χ2n) is 7.81. The van der Waals surface area contributed by atoms with Gasteiger partial charge < -0.3 is 10.4 Å². The van der Waals surface area contributed by atoms with Crippen molar-refractivity contribution in [3.05, 3.63) is 94.0 Å². The summed E-state index contributed by atoms with van der Waals surface area (Å²) in [5.74, 6) is 0.719. The van der Waals surface area contributed by atoms with Crippen LogP contribution in [0.15, 0.2) is 71.7 Å². The summed E-state index contributed by atoms with van der Waals surface area (Å²) < 4.78 is 0. The summed E-state index contributed by atoms with van der Waals surface area (Å²) in [7, 11) is 0. The fourth-order valence-corrected chi connectivity index (χ4v) is 4.07. The molecular formula is C25H25ClN2O. The van der Waals surface area contributed by atoms with Crippen LogP contribution >= 0.6 is 11.6 Å². The lowest BCUT2D eigenvalue weighted by atomic mass is 9.93. The summed E-state index contributed by atoms with van der Waals surface area (Å²) in [4.78, 5) is 5.17. The number of benzene rings is 3. The van der Waals surface area contributed by atoms with E-state index in [0.29, 0.717) is 10.9 Å². The first kappa shape index (κ1) is 19.5. The van der Waals surface area contributed by atoms with Gasteiger partial charge in [0.25, 0.3) is 0 Å². The maximum absolute atomic E-state index is 9.71. The maximum atomic E-state index is 9.71. The van der Waals surface area contributed by atoms with Gasteiger partial charge in [0, 0.05) is 28.4 Å². The third-order valence-electron chi connectivity index (χ3n) is 5.35. The highest BCUT2D eigenvalue weighted by atomic mass is 35.5. The molecule has 0 aromatic heterocycles. The lowest BCUT2D eigenvalue weighted by molar-refractivity contribution is 0.475. The van der Waals surface area contributed by atoms with Crippen molar-refractivity contribution in [3.63, 3.8) is 0 Å². The number of hydrogen-bond acceptors (Lipinski definition) is 3. The zero-order valence-electron chi connectivity index (χ0n) is 16.7. The Bertz CT molecular complexity index is 1040. The van der Waals surface area contributed by atoms with Crippen LogP contribution < -0.4 is 5.32 Å². The first-order valence-corrected chi connectivity index (χ1v) is 10.4. The van der Waals surface area contributed by atoms with E-state index in [1.807, 2.05) is 30.3 Å². The summed E-state index contributed by atoms with van der Waals surface area (Å²) in [6.45, 7) is 5.21. The number of aromatic hydroxyl groups is 1. The Labute approximate surface area is 177 Å². The van der Waals surface area contributed by atoms with E-state index in [0.717, 1.165) is 35.5 Å². The maximum Gasteiger partial charge on any atom is 0.115 e. The number of anilines is 1. The van der Waals surface area contributed by atoms with Gasteiger partial charge in [-0.25, -0.2) is 0 Å². The summed E-state index contributed by atoms with van der Waals surface area (Å²) >= 11 is 6.31. The lowest BCUT2D eigenvalue weighted by Gasteiger charge is -2.17. The molecule has 148 valence electrons. The molecule has 0 spiro atoms. The van der Waals surface area contributed by atoms with Crippen molar-refractivity contribution < 1.29 is 5.11 Å². The zero-order valence-corrected chi connectivity index (χ0v) is 17.4. The molecule has 2 N–H and O–H groups in total. The topological polar surface area (TPSA) is 44.6 Å². The summed E-state index contributed by atoms with van der Waals surface area (Å²) in [6.07, 6.45) is 0.866. The van der Waals surface area contributed by atoms with Crippen molar-refractivity contribution in [2.24, 2.45) is 4.99 Å². The second kappa shape index (κ2) is 8.30. The average Bonchev–Trinajstić information content (AvgIpc) is 2.88. The number of rotatable bonds is 4. The van der Waals surface area contributed by atoms with Crippen LogP contribution in [0.1, 0.15) is 42.0 Å². The normalized spacial score (nSPS) is 16.0. The standard InChI is InChI=1S/C25H25ClN2O/c1-16(2)22-6-4-3-5-18(22)13-20-15-27-24-12-9-19(26)14-23(24)25(28-20)17-7-10-21(29)11-8-17/h3-12,14,16,20,27,29H,13,15H2,1-2H3. The van der Waals surface area contributed by atoms with Gasteiger partial charge in [-0.05, 0) is 65.9 Å². The van der Waals surface area contributed by atoms with Gasteiger partial charge in [-0.2, -0.15) is 0 Å². The first-order chi connectivity index (χ1) is 14.0. The smallest absolute Gasteiger partial charge is 0.115 e. The molecule has 1 atom stereocenters. The van der Waals surface area contributed by atoms with Crippen LogP contribution in [0.3, 0.4) is 0 Å². The van der Waals surface area contributed by atoms with E-state index < -0.39 is 0 Å². The molecule has 0 saturated heterocycles. The van der Waals surface area contributed by atoms with E-state index >= 15 is 0 Å². The van der Waals surface area contributed by atoms with Gasteiger partial charge in [0.2, 0.25) is 0 Å². The fraction of sp³-hybridized carbons (Fsp3) is 0.240. The SMILES string of the molecule is CC(C)c1ccccc1CC1CNc2ccc(Cl)cc2C(c2ccc(O)cc2)=N1. The fourth-order valence-electron chi connectivity index (χ4n) is 3.90. The average molecular weight is 405 g/mol. The Morgan fingerprint density at radius 2 is 1.83 bits per heavy atom. The van der Waals surface area contributed by atoms with Crippen molar-refractivity contribution in [1.82, 2.24) is 0 Å². The van der Waals surface area contributed by atoms with Gasteiger partial charge in [0.05, 0.1) is 11.8 Å². The van der Waals surface area contributed by atoms with Crippen LogP contribution in [0.2, 0.25) is 5.02 Å². The molecule has 0 bridgehead atoms. The van der Waals surface area contributed by atoms with Gasteiger partial charge >= 0.3 is 0 Å². The lowest BCUT2D eigenvalue weighted by Crippen LogP contribution is -2.20. The molecule has 0 radical (unpaired) electrons. The Kier molecular flexibility index (Phi) is 5.59. The van der Waals surface area contributed by atoms with Crippen molar-refractivity contribution in [1.29, 1.82) is 0 Å². The Morgan fingerprint density at radius 3 is 2.59 bits per heavy atom. The van der Waals surface area contributed by atoms with E-state index in [9.17, 15) is 5.11 Å². The number of nitrogens with one attached hydrogen (secondary N) is 1. The highest BCUT2D eigenvalue weighted by Crippen LogP contribution is 2.29. The van der Waals surface area contributed by atoms with Crippen LogP contribution in [0.4, 0.5) is 5.69 Å². The van der Waals surface area contributed by atoms with E-state index in [1.165, 1.54) is 11.1 Å². The van der Waals surface area contributed by atoms with Gasteiger partial charge in [-0.15, -0.1) is 0 Å². The van der Waals surface area contributed by atoms with Crippen LogP contribution in [0, 0.1) is 0 Å². The highest BCUT2D eigenvalue weighted by molar-refractivity contribution is 6.31. The predicted molar refractivity (Wildman–Crippen MR) is 122 cm³/mol. The van der Waals surface area contributed by atoms with Crippen LogP contribution in [-0.4, -0.2) is 23.4 Å². The summed E-state index contributed by atoms with van der Waals surface area (Å²) in [5, 5.41) is 13.9. The molecule has 1 aliphatic rings. The molecule has 0 saturated carbocycles. The molecule has 0 fully saturated rings. The molecular weight excluding hydrogens is 380 g/mol. The third kappa shape index (κ3) is 4.30. The molecule has 1 heterocycles. The Morgan fingerprint density at radius 1 is 1.07 bits per heavy atom. The number of phenolic OH excluding ortho intramolecular Hbond substituents is 1. The quantitative estimate of drug-likeness (QED) is 0.556. The van der Waals surface area contributed by atoms with E-state index in [4.69, 9.17) is 16.6 Å². The van der Waals surface area contributed by atoms with Crippen molar-refractivity contribution in [2.75, 3.05) is 11.9 Å². The molecule has 1 aliphatic heterocycles. The Balaban J connectivity index is 1.77.